The molecule has 0 spiro atoms. The van der Waals surface area contributed by atoms with E-state index in [2.05, 4.69) is 0 Å². The largest absolute Gasteiger partial charge is 0.433 e. The molecule has 1 aliphatic rings. The number of benzene rings is 1. The molecule has 0 amide bonds. The van der Waals surface area contributed by atoms with Crippen molar-refractivity contribution in [2.75, 3.05) is 0 Å². The molecule has 0 saturated carbocycles. The molecule has 1 fully saturated rings. The van der Waals surface area contributed by atoms with Gasteiger partial charge in [-0.2, -0.15) is 0 Å². The zero-order valence-corrected chi connectivity index (χ0v) is 12.6. The van der Waals surface area contributed by atoms with Crippen LogP contribution in [-0.4, -0.2) is 12.3 Å². The van der Waals surface area contributed by atoms with Crippen LogP contribution in [0.2, 0.25) is 0 Å². The Hall–Kier alpha value is -1.61. The fraction of sp³-hybridized carbons (Fsp3) is 0.471. The maximum absolute atomic E-state index is 12.5. The minimum absolute atomic E-state index is 0.248. The molecule has 20 heavy (non-hydrogen) atoms. The third-order valence-electron chi connectivity index (χ3n) is 3.44. The normalized spacial score (nSPS) is 27.0. The third-order valence-corrected chi connectivity index (χ3v) is 3.44. The lowest BCUT2D eigenvalue weighted by atomic mass is 9.90. The molecular formula is C17H22O3. The molecule has 2 rings (SSSR count). The van der Waals surface area contributed by atoms with Gasteiger partial charge in [0, 0.05) is 11.8 Å². The van der Waals surface area contributed by atoms with Gasteiger partial charge in [-0.05, 0) is 12.5 Å². The number of hydrogen-bond acceptors (Lipinski definition) is 3. The van der Waals surface area contributed by atoms with Crippen LogP contribution >= 0.6 is 0 Å². The Morgan fingerprint density at radius 2 is 1.90 bits per heavy atom. The first-order valence-corrected chi connectivity index (χ1v) is 6.96. The van der Waals surface area contributed by atoms with Crippen molar-refractivity contribution >= 4 is 5.97 Å². The van der Waals surface area contributed by atoms with E-state index >= 15 is 0 Å². The second-order valence-electron chi connectivity index (χ2n) is 6.19. The summed E-state index contributed by atoms with van der Waals surface area (Å²) in [5.41, 5.74) is -0.428. The van der Waals surface area contributed by atoms with Crippen LogP contribution in [0.25, 0.3) is 0 Å². The second kappa shape index (κ2) is 5.41. The van der Waals surface area contributed by atoms with Gasteiger partial charge in [-0.3, -0.25) is 0 Å². The Labute approximate surface area is 120 Å². The van der Waals surface area contributed by atoms with E-state index in [1.807, 2.05) is 70.2 Å². The number of allylic oxidation sites excluding steroid dienone is 1. The molecule has 1 aromatic carbocycles. The molecule has 1 aliphatic heterocycles. The van der Waals surface area contributed by atoms with Crippen LogP contribution in [0.4, 0.5) is 0 Å². The third kappa shape index (κ3) is 2.63. The first-order chi connectivity index (χ1) is 9.40. The highest BCUT2D eigenvalue weighted by molar-refractivity contribution is 5.83. The number of ether oxygens (including phenoxy) is 2. The summed E-state index contributed by atoms with van der Waals surface area (Å²) < 4.78 is 11.6. The zero-order valence-electron chi connectivity index (χ0n) is 12.6. The lowest BCUT2D eigenvalue weighted by Gasteiger charge is -2.28. The van der Waals surface area contributed by atoms with E-state index in [9.17, 15) is 4.79 Å². The highest BCUT2D eigenvalue weighted by Crippen LogP contribution is 2.43. The summed E-state index contributed by atoms with van der Waals surface area (Å²) in [5.74, 6) is -0.304. The average molecular weight is 274 g/mol. The molecule has 1 heterocycles. The molecule has 3 heteroatoms. The Balaban J connectivity index is 2.41. The van der Waals surface area contributed by atoms with Crippen molar-refractivity contribution in [1.29, 1.82) is 0 Å². The van der Waals surface area contributed by atoms with Gasteiger partial charge in [0.2, 0.25) is 6.29 Å². The number of cyclic esters (lactones) is 1. The summed E-state index contributed by atoms with van der Waals surface area (Å²) in [6, 6.07) is 9.57. The smallest absolute Gasteiger partial charge is 0.345 e. The molecule has 2 unspecified atom stereocenters. The van der Waals surface area contributed by atoms with Crippen LogP contribution in [0, 0.1) is 5.41 Å². The van der Waals surface area contributed by atoms with E-state index in [0.717, 1.165) is 5.56 Å². The van der Waals surface area contributed by atoms with Gasteiger partial charge in [0.05, 0.1) is 0 Å². The number of carbonyl (C=O) groups is 1. The Morgan fingerprint density at radius 3 is 2.40 bits per heavy atom. The monoisotopic (exact) mass is 274 g/mol. The quantitative estimate of drug-likeness (QED) is 0.621. The van der Waals surface area contributed by atoms with Crippen molar-refractivity contribution in [3.8, 4) is 0 Å². The summed E-state index contributed by atoms with van der Waals surface area (Å²) >= 11 is 0. The molecule has 0 radical (unpaired) electrons. The SMILES string of the molecule is C/C=C\CC1(c2ccccc2)OC(C(C)(C)C)OC1=O. The summed E-state index contributed by atoms with van der Waals surface area (Å²) in [6.07, 6.45) is 3.82. The van der Waals surface area contributed by atoms with E-state index in [4.69, 9.17) is 9.47 Å². The maximum atomic E-state index is 12.5. The molecule has 0 bridgehead atoms. The van der Waals surface area contributed by atoms with Crippen molar-refractivity contribution < 1.29 is 14.3 Å². The Bertz CT molecular complexity index is 499. The predicted octanol–water partition coefficient (Wildman–Crippen LogP) is 3.79. The van der Waals surface area contributed by atoms with Gasteiger partial charge in [0.1, 0.15) is 0 Å². The minimum Gasteiger partial charge on any atom is -0.433 e. The lowest BCUT2D eigenvalue weighted by molar-refractivity contribution is -0.156. The van der Waals surface area contributed by atoms with E-state index in [0.29, 0.717) is 6.42 Å². The van der Waals surface area contributed by atoms with Gasteiger partial charge >= 0.3 is 5.97 Å². The molecule has 0 aliphatic carbocycles. The maximum Gasteiger partial charge on any atom is 0.345 e. The van der Waals surface area contributed by atoms with E-state index in [1.165, 1.54) is 0 Å². The molecule has 0 N–H and O–H groups in total. The van der Waals surface area contributed by atoms with E-state index in [1.54, 1.807) is 0 Å². The first-order valence-electron chi connectivity index (χ1n) is 6.96. The van der Waals surface area contributed by atoms with Crippen molar-refractivity contribution in [1.82, 2.24) is 0 Å². The van der Waals surface area contributed by atoms with Crippen LogP contribution in [0.15, 0.2) is 42.5 Å². The number of rotatable bonds is 3. The van der Waals surface area contributed by atoms with Crippen molar-refractivity contribution in [2.24, 2.45) is 5.41 Å². The summed E-state index contributed by atoms with van der Waals surface area (Å²) in [7, 11) is 0. The van der Waals surface area contributed by atoms with Crippen LogP contribution in [-0.2, 0) is 19.9 Å². The van der Waals surface area contributed by atoms with Gasteiger partial charge in [-0.1, -0.05) is 63.3 Å². The topological polar surface area (TPSA) is 35.5 Å². The van der Waals surface area contributed by atoms with Gasteiger partial charge in [0.25, 0.3) is 0 Å². The molecule has 108 valence electrons. The molecule has 3 nitrogen and oxygen atoms in total. The minimum atomic E-state index is -1.02. The second-order valence-corrected chi connectivity index (χ2v) is 6.19. The van der Waals surface area contributed by atoms with Crippen LogP contribution in [0.3, 0.4) is 0 Å². The fourth-order valence-electron chi connectivity index (χ4n) is 2.23. The number of hydrogen-bond donors (Lipinski definition) is 0. The van der Waals surface area contributed by atoms with Gasteiger partial charge in [-0.15, -0.1) is 0 Å². The molecule has 0 aromatic heterocycles. The van der Waals surface area contributed by atoms with Gasteiger partial charge < -0.3 is 9.47 Å². The van der Waals surface area contributed by atoms with Crippen LogP contribution in [0.1, 0.15) is 39.7 Å². The molecule has 1 aromatic rings. The molecule has 2 atom stereocenters. The Kier molecular flexibility index (Phi) is 4.00. The van der Waals surface area contributed by atoms with E-state index < -0.39 is 11.9 Å². The average Bonchev–Trinajstić information content (AvgIpc) is 2.76. The van der Waals surface area contributed by atoms with Crippen molar-refractivity contribution in [3.05, 3.63) is 48.0 Å². The van der Waals surface area contributed by atoms with Crippen LogP contribution < -0.4 is 0 Å². The summed E-state index contributed by atoms with van der Waals surface area (Å²) in [5, 5.41) is 0. The zero-order chi connectivity index (χ0) is 14.8. The van der Waals surface area contributed by atoms with Gasteiger partial charge in [0.15, 0.2) is 5.60 Å². The molecule has 1 saturated heterocycles. The summed E-state index contributed by atoms with van der Waals surface area (Å²) in [4.78, 5) is 12.5. The number of carbonyl (C=O) groups excluding carboxylic acids is 1. The Morgan fingerprint density at radius 1 is 1.25 bits per heavy atom. The highest BCUT2D eigenvalue weighted by atomic mass is 16.8. The van der Waals surface area contributed by atoms with Gasteiger partial charge in [-0.25, -0.2) is 4.79 Å². The van der Waals surface area contributed by atoms with E-state index in [-0.39, 0.29) is 11.4 Å². The first kappa shape index (κ1) is 14.8. The highest BCUT2D eigenvalue weighted by Gasteiger charge is 2.53. The van der Waals surface area contributed by atoms with Crippen molar-refractivity contribution in [2.45, 2.75) is 46.0 Å². The summed E-state index contributed by atoms with van der Waals surface area (Å²) in [6.45, 7) is 7.94. The fourth-order valence-corrected chi connectivity index (χ4v) is 2.23. The standard InChI is InChI=1S/C17H22O3/c1-5-6-12-17(13-10-8-7-9-11-13)14(18)19-15(20-17)16(2,3)4/h5-11,15H,12H2,1-4H3/b6-5-. The lowest BCUT2D eigenvalue weighted by Crippen LogP contribution is -2.34. The van der Waals surface area contributed by atoms with Crippen LogP contribution in [0.5, 0.6) is 0 Å². The molecular weight excluding hydrogens is 252 g/mol. The number of esters is 1. The predicted molar refractivity (Wildman–Crippen MR) is 78.0 cm³/mol. The van der Waals surface area contributed by atoms with Crippen molar-refractivity contribution in [3.63, 3.8) is 0 Å².